The molecule has 8 rings (SSSR count). The molecule has 5 amide bonds. The van der Waals surface area contributed by atoms with Gasteiger partial charge in [-0.1, -0.05) is 100 Å². The monoisotopic (exact) mass is 1050 g/mol. The number of methoxy groups -OCH3 is 2. The van der Waals surface area contributed by atoms with Crippen molar-refractivity contribution < 1.29 is 57.1 Å². The summed E-state index contributed by atoms with van der Waals surface area (Å²) in [5, 5.41) is 2.81. The molecule has 0 aromatic heterocycles. The van der Waals surface area contributed by atoms with Crippen LogP contribution in [0, 0.1) is 0 Å². The summed E-state index contributed by atoms with van der Waals surface area (Å²) in [5.41, 5.74) is 5.01. The molecule has 0 fully saturated rings. The normalized spacial score (nSPS) is 17.3. The van der Waals surface area contributed by atoms with Gasteiger partial charge in [0.05, 0.1) is 36.7 Å². The minimum atomic E-state index is -1.49. The number of nitrogens with zero attached hydrogens (tertiary/aromatic N) is 4. The van der Waals surface area contributed by atoms with Crippen LogP contribution in [0.2, 0.25) is 51.4 Å². The fraction of sp³-hybridized carbons (Fsp3) is 0.436. The minimum Gasteiger partial charge on any atom is -0.493 e. The fourth-order valence-corrected chi connectivity index (χ4v) is 11.0. The van der Waals surface area contributed by atoms with Crippen LogP contribution in [0.5, 0.6) is 23.0 Å². The number of alkyl carbamates (subject to hydrolysis) is 1. The number of amides is 5. The van der Waals surface area contributed by atoms with Gasteiger partial charge >= 0.3 is 6.09 Å². The van der Waals surface area contributed by atoms with Crippen LogP contribution >= 0.6 is 0 Å². The van der Waals surface area contributed by atoms with E-state index in [2.05, 4.69) is 51.2 Å². The first-order valence-corrected chi connectivity index (χ1v) is 32.6. The van der Waals surface area contributed by atoms with Gasteiger partial charge in [0, 0.05) is 67.4 Å². The van der Waals surface area contributed by atoms with Gasteiger partial charge in [-0.2, -0.15) is 0 Å². The Balaban J connectivity index is 1.10. The van der Waals surface area contributed by atoms with Gasteiger partial charge in [-0.05, 0) is 46.5 Å². The maximum Gasteiger partial charge on any atom is 0.407 e. The van der Waals surface area contributed by atoms with E-state index in [9.17, 15) is 24.0 Å². The Labute approximate surface area is 435 Å². The Morgan fingerprint density at radius 1 is 0.649 bits per heavy atom. The Morgan fingerprint density at radius 2 is 1.07 bits per heavy atom. The van der Waals surface area contributed by atoms with Gasteiger partial charge in [0.2, 0.25) is 0 Å². The zero-order valence-electron chi connectivity index (χ0n) is 43.8. The molecule has 1 N–H and O–H groups in total. The molecule has 0 radical (unpaired) electrons. The molecule has 2 atom stereocenters. The molecule has 4 aliphatic heterocycles. The zero-order valence-corrected chi connectivity index (χ0v) is 45.8. The highest BCUT2D eigenvalue weighted by molar-refractivity contribution is 6.76. The largest absolute Gasteiger partial charge is 0.493 e. The van der Waals surface area contributed by atoms with Gasteiger partial charge in [-0.3, -0.25) is 29.0 Å². The lowest BCUT2D eigenvalue weighted by Gasteiger charge is -2.35. The zero-order chi connectivity index (χ0) is 52.9. The number of hydrogen-bond acceptors (Lipinski definition) is 12. The van der Waals surface area contributed by atoms with Gasteiger partial charge in [0.1, 0.15) is 51.4 Å². The lowest BCUT2D eigenvalue weighted by Crippen LogP contribution is -2.51. The van der Waals surface area contributed by atoms with E-state index in [4.69, 9.17) is 33.2 Å². The molecule has 17 nitrogen and oxygen atoms in total. The summed E-state index contributed by atoms with van der Waals surface area (Å²) in [6.07, 6.45) is 1.34. The van der Waals surface area contributed by atoms with E-state index in [1.165, 1.54) is 30.1 Å². The summed E-state index contributed by atoms with van der Waals surface area (Å²) in [6, 6.07) is 21.3. The maximum atomic E-state index is 14.7. The molecule has 0 unspecified atom stereocenters. The second-order valence-corrected chi connectivity index (χ2v) is 32.7. The highest BCUT2D eigenvalue weighted by atomic mass is 28.3. The van der Waals surface area contributed by atoms with Crippen LogP contribution in [-0.2, 0) is 49.7 Å². The molecule has 0 spiro atoms. The molecule has 0 saturated carbocycles. The van der Waals surface area contributed by atoms with E-state index in [1.54, 1.807) is 34.1 Å². The number of ether oxygens (including phenoxy) is 7. The van der Waals surface area contributed by atoms with Crippen LogP contribution in [-0.4, -0.2) is 135 Å². The molecular formula is C55H69N5O12Si2. The first-order chi connectivity index (χ1) is 35.4. The highest BCUT2D eigenvalue weighted by Crippen LogP contribution is 2.42. The quantitative estimate of drug-likeness (QED) is 0.0486. The van der Waals surface area contributed by atoms with Crippen molar-refractivity contribution in [3.8, 4) is 23.0 Å². The average Bonchev–Trinajstić information content (AvgIpc) is 3.50. The summed E-state index contributed by atoms with van der Waals surface area (Å²) in [5.74, 6) is -0.474. The van der Waals surface area contributed by atoms with Gasteiger partial charge in [0.15, 0.2) is 23.0 Å². The van der Waals surface area contributed by atoms with E-state index in [1.807, 2.05) is 48.5 Å². The Kier molecular flexibility index (Phi) is 16.5. The van der Waals surface area contributed by atoms with E-state index < -0.39 is 40.4 Å². The summed E-state index contributed by atoms with van der Waals surface area (Å²) >= 11 is 0. The first-order valence-electron chi connectivity index (χ1n) is 25.2. The van der Waals surface area contributed by atoms with Crippen molar-refractivity contribution in [1.82, 2.24) is 15.1 Å². The Morgan fingerprint density at radius 3 is 1.46 bits per heavy atom. The number of carbonyl (C=O) groups excluding carboxylic acids is 5. The number of benzene rings is 4. The van der Waals surface area contributed by atoms with E-state index in [0.29, 0.717) is 37.4 Å². The molecular weight excluding hydrogens is 979 g/mol. The van der Waals surface area contributed by atoms with Crippen LogP contribution in [0.15, 0.2) is 85.5 Å². The van der Waals surface area contributed by atoms with E-state index in [0.717, 1.165) is 34.3 Å². The lowest BCUT2D eigenvalue weighted by atomic mass is 9.93. The van der Waals surface area contributed by atoms with Crippen molar-refractivity contribution >= 4 is 57.2 Å². The predicted octanol–water partition coefficient (Wildman–Crippen LogP) is 7.89. The second kappa shape index (κ2) is 22.8. The number of anilines is 2. The van der Waals surface area contributed by atoms with Gasteiger partial charge in [-0.15, -0.1) is 0 Å². The second-order valence-electron chi connectivity index (χ2n) is 21.5. The van der Waals surface area contributed by atoms with Crippen LogP contribution in [0.1, 0.15) is 43.0 Å². The van der Waals surface area contributed by atoms with Gasteiger partial charge < -0.3 is 48.3 Å². The average molecular weight is 1050 g/mol. The minimum absolute atomic E-state index is 0.0699. The first kappa shape index (κ1) is 53.6. The third-order valence-electron chi connectivity index (χ3n) is 13.7. The molecule has 74 heavy (non-hydrogen) atoms. The molecule has 4 heterocycles. The SMILES string of the molecule is C=CCOC(=O)NC(COc1cc2c(cc1OC)C(=O)N1Cc3ccccc3C[C@H]1C(=O)N2COCC[Si](C)(C)C)COc1cc2c(cc1OC)C(=O)N1Cc3ccccc3C[C@H]1C(=O)N2COCC[Si](C)(C)C. The molecule has 4 aliphatic rings. The smallest absolute Gasteiger partial charge is 0.407 e. The third kappa shape index (κ3) is 12.1. The van der Waals surface area contributed by atoms with Crippen molar-refractivity contribution in [3.63, 3.8) is 0 Å². The highest BCUT2D eigenvalue weighted by Gasteiger charge is 2.45. The Hall–Kier alpha value is -6.68. The van der Waals surface area contributed by atoms with Crippen LogP contribution in [0.3, 0.4) is 0 Å². The van der Waals surface area contributed by atoms with Crippen LogP contribution < -0.4 is 34.1 Å². The molecule has 4 aromatic rings. The molecule has 19 heteroatoms. The van der Waals surface area contributed by atoms with Crippen molar-refractivity contribution in [2.75, 3.05) is 70.5 Å². The molecule has 4 aromatic carbocycles. The van der Waals surface area contributed by atoms with Crippen molar-refractivity contribution in [3.05, 3.63) is 119 Å². The summed E-state index contributed by atoms with van der Waals surface area (Å²) < 4.78 is 42.4. The fourth-order valence-electron chi connectivity index (χ4n) is 9.44. The number of nitrogens with one attached hydrogen (secondary N) is 1. The molecule has 0 saturated heterocycles. The van der Waals surface area contributed by atoms with E-state index in [-0.39, 0.29) is 104 Å². The maximum absolute atomic E-state index is 14.7. The predicted molar refractivity (Wildman–Crippen MR) is 286 cm³/mol. The van der Waals surface area contributed by atoms with Crippen molar-refractivity contribution in [1.29, 1.82) is 0 Å². The van der Waals surface area contributed by atoms with Gasteiger partial charge in [-0.25, -0.2) is 4.79 Å². The Bertz CT molecular complexity index is 2600. The summed E-state index contributed by atoms with van der Waals surface area (Å²) in [7, 11) is -0.0658. The lowest BCUT2D eigenvalue weighted by molar-refractivity contribution is -0.125. The molecule has 0 bridgehead atoms. The standard InChI is InChI=1S/C55H69N5O12Si2/c1-10-19-70-55(65)56-40(32-71-49-28-43-41(26-47(49)66-2)51(61)57-30-38-17-13-11-15-36(38)24-45(57)53(63)59(43)34-68-20-22-73(4,5)6)33-72-50-29-44-42(27-48(50)67-3)52(62)58-31-39-18-14-12-16-37(39)25-46(58)54(64)60(44)35-69-21-23-74(7,8)9/h10-18,26-29,40,45-46H,1,19-25,30-35H2,2-9H3,(H,56,65)/t45-,46-/m0/s1. The third-order valence-corrected chi connectivity index (χ3v) is 17.1. The molecule has 0 aliphatic carbocycles. The molecule has 394 valence electrons. The summed E-state index contributed by atoms with van der Waals surface area (Å²) in [4.78, 5) is 78.1. The topological polar surface area (TPSA) is 175 Å². The number of hydrogen-bond donors (Lipinski definition) is 1. The van der Waals surface area contributed by atoms with E-state index >= 15 is 0 Å². The number of carbonyl (C=O) groups is 5. The van der Waals surface area contributed by atoms with Crippen LogP contribution in [0.4, 0.5) is 16.2 Å². The number of rotatable bonds is 21. The van der Waals surface area contributed by atoms with Gasteiger partial charge in [0.25, 0.3) is 23.6 Å². The van der Waals surface area contributed by atoms with Crippen molar-refractivity contribution in [2.45, 2.75) is 95.4 Å². The van der Waals surface area contributed by atoms with Crippen molar-refractivity contribution in [2.24, 2.45) is 0 Å². The van der Waals surface area contributed by atoms with Crippen LogP contribution in [0.25, 0.3) is 0 Å². The summed E-state index contributed by atoms with van der Waals surface area (Å²) in [6.45, 7) is 17.8. The number of fused-ring (bicyclic) bond motifs is 6.